The summed E-state index contributed by atoms with van der Waals surface area (Å²) in [5.74, 6) is 0.415. The van der Waals surface area contributed by atoms with E-state index in [0.29, 0.717) is 5.56 Å². The number of methoxy groups -OCH3 is 1. The highest BCUT2D eigenvalue weighted by molar-refractivity contribution is 6.03. The Kier molecular flexibility index (Phi) is 4.42. The van der Waals surface area contributed by atoms with Crippen LogP contribution >= 0.6 is 0 Å². The molecule has 118 valence electrons. The van der Waals surface area contributed by atoms with Gasteiger partial charge in [0.15, 0.2) is 0 Å². The average Bonchev–Trinajstić information content (AvgIpc) is 2.59. The maximum atomic E-state index is 12.2. The summed E-state index contributed by atoms with van der Waals surface area (Å²) in [5, 5.41) is 4.12. The summed E-state index contributed by atoms with van der Waals surface area (Å²) in [7, 11) is 1.66. The van der Waals surface area contributed by atoms with Crippen LogP contribution in [0.5, 0.6) is 5.75 Å². The molecule has 23 heavy (non-hydrogen) atoms. The predicted octanol–water partition coefficient (Wildman–Crippen LogP) is 3.90. The molecular weight excluding hydrogens is 290 g/mol. The van der Waals surface area contributed by atoms with Gasteiger partial charge in [-0.05, 0) is 61.6 Å². The number of hydrogen-bond donors (Lipinski definition) is 0. The van der Waals surface area contributed by atoms with Crippen molar-refractivity contribution >= 4 is 11.7 Å². The molecule has 4 nitrogen and oxygen atoms in total. The molecule has 0 atom stereocenters. The Hall–Kier alpha value is -2.62. The van der Waals surface area contributed by atoms with Crippen molar-refractivity contribution in [2.75, 3.05) is 7.11 Å². The number of benzene rings is 2. The fraction of sp³-hybridized carbons (Fsp3) is 0.263. The predicted molar refractivity (Wildman–Crippen MR) is 89.1 cm³/mol. The number of nitrogens with zero attached hydrogens (tertiary/aromatic N) is 1. The summed E-state index contributed by atoms with van der Waals surface area (Å²) in [6, 6.07) is 13.2. The first-order chi connectivity index (χ1) is 11.2. The number of oxime groups is 1. The lowest BCUT2D eigenvalue weighted by Gasteiger charge is -2.18. The molecular formula is C19H19NO3. The average molecular weight is 309 g/mol. The van der Waals surface area contributed by atoms with Crippen molar-refractivity contribution < 1.29 is 14.4 Å². The van der Waals surface area contributed by atoms with E-state index in [4.69, 9.17) is 9.57 Å². The van der Waals surface area contributed by atoms with Gasteiger partial charge in [0.05, 0.1) is 18.4 Å². The van der Waals surface area contributed by atoms with E-state index in [1.807, 2.05) is 43.3 Å². The summed E-state index contributed by atoms with van der Waals surface area (Å²) in [6.07, 6.45) is 2.78. The van der Waals surface area contributed by atoms with E-state index in [0.717, 1.165) is 41.9 Å². The summed E-state index contributed by atoms with van der Waals surface area (Å²) in [5.41, 5.74) is 4.46. The maximum Gasteiger partial charge on any atom is 0.366 e. The third-order valence-corrected chi connectivity index (χ3v) is 4.09. The van der Waals surface area contributed by atoms with Crippen LogP contribution in [0.2, 0.25) is 0 Å². The van der Waals surface area contributed by atoms with Gasteiger partial charge in [0.1, 0.15) is 5.75 Å². The molecule has 0 unspecified atom stereocenters. The topological polar surface area (TPSA) is 47.9 Å². The Labute approximate surface area is 135 Å². The standard InChI is InChI=1S/C19H19NO3/c1-13-6-3-4-8-16(13)19(21)23-20-18-9-5-7-14-12-15(22-2)10-11-17(14)18/h3-4,6,8,10-12H,5,7,9H2,1-2H3. The van der Waals surface area contributed by atoms with Crippen molar-refractivity contribution in [3.05, 3.63) is 64.7 Å². The van der Waals surface area contributed by atoms with Gasteiger partial charge in [-0.3, -0.25) is 0 Å². The second-order valence-electron chi connectivity index (χ2n) is 5.61. The van der Waals surface area contributed by atoms with Crippen LogP contribution in [0.1, 0.15) is 39.9 Å². The van der Waals surface area contributed by atoms with Gasteiger partial charge in [-0.25, -0.2) is 4.79 Å². The number of carbonyl (C=O) groups is 1. The zero-order chi connectivity index (χ0) is 16.2. The van der Waals surface area contributed by atoms with Crippen LogP contribution in [-0.4, -0.2) is 18.8 Å². The quantitative estimate of drug-likeness (QED) is 0.638. The summed E-state index contributed by atoms with van der Waals surface area (Å²) in [6.45, 7) is 1.88. The number of hydrogen-bond acceptors (Lipinski definition) is 4. The normalized spacial score (nSPS) is 15.1. The Bertz CT molecular complexity index is 765. The van der Waals surface area contributed by atoms with Crippen molar-refractivity contribution in [1.29, 1.82) is 0 Å². The molecule has 0 saturated heterocycles. The second-order valence-corrected chi connectivity index (χ2v) is 5.61. The highest BCUT2D eigenvalue weighted by Gasteiger charge is 2.18. The molecule has 2 aromatic rings. The zero-order valence-corrected chi connectivity index (χ0v) is 13.3. The van der Waals surface area contributed by atoms with Crippen LogP contribution in [-0.2, 0) is 11.3 Å². The first-order valence-corrected chi connectivity index (χ1v) is 7.70. The van der Waals surface area contributed by atoms with E-state index >= 15 is 0 Å². The van der Waals surface area contributed by atoms with Gasteiger partial charge in [-0.2, -0.15) is 0 Å². The monoisotopic (exact) mass is 309 g/mol. The van der Waals surface area contributed by atoms with E-state index in [9.17, 15) is 4.79 Å². The molecule has 0 bridgehead atoms. The van der Waals surface area contributed by atoms with Crippen molar-refractivity contribution in [2.45, 2.75) is 26.2 Å². The summed E-state index contributed by atoms with van der Waals surface area (Å²) >= 11 is 0. The van der Waals surface area contributed by atoms with E-state index in [2.05, 4.69) is 5.16 Å². The Morgan fingerprint density at radius 2 is 1.96 bits per heavy atom. The summed E-state index contributed by atoms with van der Waals surface area (Å²) in [4.78, 5) is 17.4. The Morgan fingerprint density at radius 1 is 1.13 bits per heavy atom. The fourth-order valence-electron chi connectivity index (χ4n) is 2.81. The molecule has 0 aliphatic heterocycles. The second kappa shape index (κ2) is 6.65. The van der Waals surface area contributed by atoms with Crippen molar-refractivity contribution in [2.24, 2.45) is 5.16 Å². The lowest BCUT2D eigenvalue weighted by atomic mass is 9.90. The largest absolute Gasteiger partial charge is 0.497 e. The molecule has 0 N–H and O–H groups in total. The van der Waals surface area contributed by atoms with E-state index < -0.39 is 5.97 Å². The molecule has 0 heterocycles. The van der Waals surface area contributed by atoms with Gasteiger partial charge in [-0.15, -0.1) is 0 Å². The van der Waals surface area contributed by atoms with Crippen molar-refractivity contribution in [3.8, 4) is 5.75 Å². The number of carbonyl (C=O) groups excluding carboxylic acids is 1. The van der Waals surface area contributed by atoms with Crippen LogP contribution in [0, 0.1) is 6.92 Å². The summed E-state index contributed by atoms with van der Waals surface area (Å²) < 4.78 is 5.26. The minimum atomic E-state index is -0.420. The SMILES string of the molecule is COc1ccc2c(c1)CCCC2=NOC(=O)c1ccccc1C. The van der Waals surface area contributed by atoms with Gasteiger partial charge >= 0.3 is 5.97 Å². The van der Waals surface area contributed by atoms with Gasteiger partial charge < -0.3 is 9.57 Å². The number of ether oxygens (including phenoxy) is 1. The fourth-order valence-corrected chi connectivity index (χ4v) is 2.81. The molecule has 0 aromatic heterocycles. The third-order valence-electron chi connectivity index (χ3n) is 4.09. The number of aryl methyl sites for hydroxylation is 2. The molecule has 0 spiro atoms. The van der Waals surface area contributed by atoms with Crippen LogP contribution in [0.15, 0.2) is 47.6 Å². The van der Waals surface area contributed by atoms with Crippen LogP contribution in [0.3, 0.4) is 0 Å². The molecule has 4 heteroatoms. The first kappa shape index (κ1) is 15.3. The molecule has 1 aliphatic rings. The molecule has 0 fully saturated rings. The van der Waals surface area contributed by atoms with Gasteiger partial charge in [-0.1, -0.05) is 23.4 Å². The van der Waals surface area contributed by atoms with Gasteiger partial charge in [0, 0.05) is 5.56 Å². The molecule has 1 aliphatic carbocycles. The lowest BCUT2D eigenvalue weighted by molar-refractivity contribution is 0.0514. The highest BCUT2D eigenvalue weighted by atomic mass is 16.7. The van der Waals surface area contributed by atoms with Gasteiger partial charge in [0.25, 0.3) is 0 Å². The van der Waals surface area contributed by atoms with Crippen molar-refractivity contribution in [3.63, 3.8) is 0 Å². The van der Waals surface area contributed by atoms with Crippen LogP contribution in [0.4, 0.5) is 0 Å². The molecule has 3 rings (SSSR count). The minimum Gasteiger partial charge on any atom is -0.497 e. The van der Waals surface area contributed by atoms with E-state index in [1.165, 1.54) is 5.56 Å². The van der Waals surface area contributed by atoms with E-state index in [-0.39, 0.29) is 0 Å². The van der Waals surface area contributed by atoms with E-state index in [1.54, 1.807) is 13.2 Å². The Morgan fingerprint density at radius 3 is 2.74 bits per heavy atom. The molecule has 0 radical (unpaired) electrons. The minimum absolute atomic E-state index is 0.420. The molecule has 2 aromatic carbocycles. The molecule has 0 saturated carbocycles. The van der Waals surface area contributed by atoms with Crippen LogP contribution < -0.4 is 4.74 Å². The van der Waals surface area contributed by atoms with Crippen molar-refractivity contribution in [1.82, 2.24) is 0 Å². The third kappa shape index (κ3) is 3.26. The highest BCUT2D eigenvalue weighted by Crippen LogP contribution is 2.26. The number of fused-ring (bicyclic) bond motifs is 1. The maximum absolute atomic E-state index is 12.2. The first-order valence-electron chi connectivity index (χ1n) is 7.70. The molecule has 0 amide bonds. The van der Waals surface area contributed by atoms with Gasteiger partial charge in [0.2, 0.25) is 0 Å². The Balaban J connectivity index is 1.82. The smallest absolute Gasteiger partial charge is 0.366 e. The van der Waals surface area contributed by atoms with Crippen LogP contribution in [0.25, 0.3) is 0 Å². The number of rotatable bonds is 3. The zero-order valence-electron chi connectivity index (χ0n) is 13.3. The lowest BCUT2D eigenvalue weighted by Crippen LogP contribution is -2.14.